The number of nitrogens with zero attached hydrogens (tertiary/aromatic N) is 3. The first-order valence-electron chi connectivity index (χ1n) is 3.39. The third-order valence-corrected chi connectivity index (χ3v) is 0.967. The van der Waals surface area contributed by atoms with Crippen LogP contribution in [0.2, 0.25) is 0 Å². The Balaban J connectivity index is 4.09. The van der Waals surface area contributed by atoms with E-state index in [1.165, 1.54) is 0 Å². The fraction of sp³-hybridized carbons (Fsp3) is 0.375. The molecule has 0 aliphatic rings. The molecule has 11 heavy (non-hydrogen) atoms. The van der Waals surface area contributed by atoms with Crippen LogP contribution in [-0.2, 0) is 0 Å². The van der Waals surface area contributed by atoms with Gasteiger partial charge in [0, 0.05) is 26.5 Å². The minimum absolute atomic E-state index is 0.701. The highest BCUT2D eigenvalue weighted by molar-refractivity contribution is 6.20. The van der Waals surface area contributed by atoms with E-state index in [0.29, 0.717) is 5.84 Å². The number of hydrogen-bond donors (Lipinski definition) is 0. The Labute approximate surface area is 67.3 Å². The zero-order valence-corrected chi connectivity index (χ0v) is 7.15. The lowest BCUT2D eigenvalue weighted by Gasteiger charge is -1.86. The van der Waals surface area contributed by atoms with Crippen LogP contribution < -0.4 is 0 Å². The molecule has 0 N–H and O–H groups in total. The van der Waals surface area contributed by atoms with Gasteiger partial charge in [-0.15, -0.1) is 0 Å². The van der Waals surface area contributed by atoms with Crippen LogP contribution in [0.15, 0.2) is 27.1 Å². The summed E-state index contributed by atoms with van der Waals surface area (Å²) < 4.78 is 0. The van der Waals surface area contributed by atoms with Gasteiger partial charge in [0.1, 0.15) is 5.84 Å². The van der Waals surface area contributed by atoms with E-state index in [9.17, 15) is 0 Å². The number of hydrogen-bond acceptors (Lipinski definition) is 2. The standard InChI is InChI=1S/C8H13N3/c1-4-5-8(10-3)11-7-6-9-2/h4-7H,1-3H3/b5-4-,9-6-,10-8+,11-7-. The van der Waals surface area contributed by atoms with Gasteiger partial charge in [0.15, 0.2) is 0 Å². The van der Waals surface area contributed by atoms with Gasteiger partial charge in [-0.3, -0.25) is 9.98 Å². The zero-order chi connectivity index (χ0) is 8.53. The molecule has 0 bridgehead atoms. The molecule has 3 heteroatoms. The van der Waals surface area contributed by atoms with Crippen molar-refractivity contribution in [3.63, 3.8) is 0 Å². The first-order valence-corrected chi connectivity index (χ1v) is 3.39. The van der Waals surface area contributed by atoms with E-state index >= 15 is 0 Å². The summed E-state index contributed by atoms with van der Waals surface area (Å²) in [6, 6.07) is 0. The van der Waals surface area contributed by atoms with Crippen LogP contribution in [0, 0.1) is 0 Å². The van der Waals surface area contributed by atoms with Gasteiger partial charge in [0.2, 0.25) is 0 Å². The molecule has 0 aromatic carbocycles. The first-order chi connectivity index (χ1) is 5.35. The molecule has 0 aromatic heterocycles. The lowest BCUT2D eigenvalue weighted by Crippen LogP contribution is -1.88. The molecule has 0 radical (unpaired) electrons. The minimum Gasteiger partial charge on any atom is -0.295 e. The molecule has 0 atom stereocenters. The highest BCUT2D eigenvalue weighted by Crippen LogP contribution is 1.81. The Morgan fingerprint density at radius 2 is 1.91 bits per heavy atom. The highest BCUT2D eigenvalue weighted by atomic mass is 14.9. The van der Waals surface area contributed by atoms with Crippen molar-refractivity contribution in [2.24, 2.45) is 15.0 Å². The van der Waals surface area contributed by atoms with Gasteiger partial charge < -0.3 is 0 Å². The molecule has 0 aliphatic carbocycles. The fourth-order valence-electron chi connectivity index (χ4n) is 0.501. The number of amidine groups is 1. The molecule has 0 unspecified atom stereocenters. The maximum absolute atomic E-state index is 4.01. The van der Waals surface area contributed by atoms with Crippen LogP contribution in [-0.4, -0.2) is 32.4 Å². The molecule has 0 saturated carbocycles. The summed E-state index contributed by atoms with van der Waals surface area (Å²) in [7, 11) is 3.40. The summed E-state index contributed by atoms with van der Waals surface area (Å²) in [6.07, 6.45) is 6.96. The lowest BCUT2D eigenvalue weighted by molar-refractivity contribution is 1.41. The Morgan fingerprint density at radius 1 is 1.18 bits per heavy atom. The van der Waals surface area contributed by atoms with E-state index < -0.39 is 0 Å². The number of aliphatic imine (C=N–C) groups is 3. The molecule has 3 nitrogen and oxygen atoms in total. The molecule has 0 amide bonds. The van der Waals surface area contributed by atoms with E-state index in [4.69, 9.17) is 0 Å². The van der Waals surface area contributed by atoms with Crippen molar-refractivity contribution < 1.29 is 0 Å². The minimum atomic E-state index is 0.701. The van der Waals surface area contributed by atoms with E-state index in [2.05, 4.69) is 15.0 Å². The van der Waals surface area contributed by atoms with Crippen LogP contribution in [0.4, 0.5) is 0 Å². The predicted octanol–water partition coefficient (Wildman–Crippen LogP) is 1.36. The summed E-state index contributed by atoms with van der Waals surface area (Å²) in [5, 5.41) is 0. The van der Waals surface area contributed by atoms with E-state index in [1.807, 2.05) is 19.1 Å². The second-order valence-electron chi connectivity index (χ2n) is 1.77. The summed E-state index contributed by atoms with van der Waals surface area (Å²) in [5.41, 5.74) is 0. The average Bonchev–Trinajstić information content (AvgIpc) is 2.03. The van der Waals surface area contributed by atoms with Crippen molar-refractivity contribution in [2.75, 3.05) is 14.1 Å². The van der Waals surface area contributed by atoms with Crippen LogP contribution in [0.1, 0.15) is 6.92 Å². The van der Waals surface area contributed by atoms with Gasteiger partial charge in [0.05, 0.1) is 0 Å². The second kappa shape index (κ2) is 6.86. The van der Waals surface area contributed by atoms with Crippen molar-refractivity contribution in [1.82, 2.24) is 0 Å². The smallest absolute Gasteiger partial charge is 0.146 e. The Kier molecular flexibility index (Phi) is 6.08. The van der Waals surface area contributed by atoms with Gasteiger partial charge in [0.25, 0.3) is 0 Å². The second-order valence-corrected chi connectivity index (χ2v) is 1.77. The molecule has 0 aliphatic heterocycles. The lowest BCUT2D eigenvalue weighted by atomic mass is 10.5. The first kappa shape index (κ1) is 9.75. The molecule has 0 saturated heterocycles. The van der Waals surface area contributed by atoms with Crippen LogP contribution >= 0.6 is 0 Å². The van der Waals surface area contributed by atoms with Gasteiger partial charge in [-0.05, 0) is 13.0 Å². The van der Waals surface area contributed by atoms with E-state index in [0.717, 1.165) is 0 Å². The molecule has 0 spiro atoms. The average molecular weight is 151 g/mol. The summed E-state index contributed by atoms with van der Waals surface area (Å²) in [6.45, 7) is 1.93. The molecule has 60 valence electrons. The SMILES string of the molecule is C\C=C/C(/N=C\C=N/C)=N\C. The van der Waals surface area contributed by atoms with E-state index in [1.54, 1.807) is 26.5 Å². The predicted molar refractivity (Wildman–Crippen MR) is 51.1 cm³/mol. The van der Waals surface area contributed by atoms with Crippen molar-refractivity contribution in [3.8, 4) is 0 Å². The van der Waals surface area contributed by atoms with Crippen molar-refractivity contribution in [2.45, 2.75) is 6.92 Å². The maximum atomic E-state index is 4.01. The molecular weight excluding hydrogens is 138 g/mol. The summed E-state index contributed by atoms with van der Waals surface area (Å²) in [4.78, 5) is 11.7. The van der Waals surface area contributed by atoms with Crippen LogP contribution in [0.5, 0.6) is 0 Å². The maximum Gasteiger partial charge on any atom is 0.146 e. The summed E-state index contributed by atoms with van der Waals surface area (Å²) >= 11 is 0. The Hall–Kier alpha value is -1.25. The Morgan fingerprint density at radius 3 is 2.36 bits per heavy atom. The topological polar surface area (TPSA) is 37.1 Å². The molecule has 0 fully saturated rings. The van der Waals surface area contributed by atoms with Crippen LogP contribution in [0.25, 0.3) is 0 Å². The highest BCUT2D eigenvalue weighted by Gasteiger charge is 1.81. The Bertz CT molecular complexity index is 199. The largest absolute Gasteiger partial charge is 0.295 e. The van der Waals surface area contributed by atoms with Gasteiger partial charge in [-0.25, -0.2) is 4.99 Å². The van der Waals surface area contributed by atoms with Crippen LogP contribution in [0.3, 0.4) is 0 Å². The number of allylic oxidation sites excluding steroid dienone is 1. The quantitative estimate of drug-likeness (QED) is 0.422. The van der Waals surface area contributed by atoms with Crippen molar-refractivity contribution in [1.29, 1.82) is 0 Å². The monoisotopic (exact) mass is 151 g/mol. The molecule has 0 heterocycles. The zero-order valence-electron chi connectivity index (χ0n) is 7.15. The molecule has 0 aromatic rings. The van der Waals surface area contributed by atoms with Gasteiger partial charge >= 0.3 is 0 Å². The van der Waals surface area contributed by atoms with Gasteiger partial charge in [-0.1, -0.05) is 6.08 Å². The molecule has 0 rings (SSSR count). The third kappa shape index (κ3) is 5.21. The fourth-order valence-corrected chi connectivity index (χ4v) is 0.501. The van der Waals surface area contributed by atoms with Gasteiger partial charge in [-0.2, -0.15) is 0 Å². The summed E-state index contributed by atoms with van der Waals surface area (Å²) in [5.74, 6) is 0.701. The van der Waals surface area contributed by atoms with Crippen molar-refractivity contribution in [3.05, 3.63) is 12.2 Å². The molecular formula is C8H13N3. The van der Waals surface area contributed by atoms with E-state index in [-0.39, 0.29) is 0 Å². The van der Waals surface area contributed by atoms with Crippen molar-refractivity contribution >= 4 is 18.3 Å². The third-order valence-electron chi connectivity index (χ3n) is 0.967. The normalized spacial score (nSPS) is 14.3. The number of rotatable bonds is 2.